The number of halogens is 1. The molecule has 88 valence electrons. The first-order valence-corrected chi connectivity index (χ1v) is 5.61. The Bertz CT molecular complexity index is 370. The number of pyridine rings is 1. The monoisotopic (exact) mass is 241 g/mol. The molecule has 1 heterocycles. The maximum atomic E-state index is 11.7. The summed E-state index contributed by atoms with van der Waals surface area (Å²) < 4.78 is 0. The van der Waals surface area contributed by atoms with Crippen molar-refractivity contribution >= 4 is 23.3 Å². The molecule has 2 atom stereocenters. The van der Waals surface area contributed by atoms with E-state index in [1.54, 1.807) is 18.3 Å². The van der Waals surface area contributed by atoms with Gasteiger partial charge >= 0.3 is 0 Å². The first-order valence-electron chi connectivity index (χ1n) is 5.23. The molecule has 16 heavy (non-hydrogen) atoms. The number of amides is 1. The van der Waals surface area contributed by atoms with Gasteiger partial charge in [0.25, 0.3) is 0 Å². The maximum Gasteiger partial charge on any atom is 0.242 e. The topological polar surface area (TPSA) is 68.0 Å². The van der Waals surface area contributed by atoms with Crippen molar-refractivity contribution in [3.05, 3.63) is 23.4 Å². The summed E-state index contributed by atoms with van der Waals surface area (Å²) >= 11 is 5.87. The molecule has 0 spiro atoms. The van der Waals surface area contributed by atoms with E-state index in [4.69, 9.17) is 17.3 Å². The minimum Gasteiger partial charge on any atom is -0.320 e. The molecule has 0 aliphatic carbocycles. The van der Waals surface area contributed by atoms with Crippen LogP contribution in [0.1, 0.15) is 20.3 Å². The molecule has 0 aliphatic heterocycles. The highest BCUT2D eigenvalue weighted by molar-refractivity contribution is 6.33. The standard InChI is InChI=1S/C11H16ClN3O/c1-3-7(2)9(13)11(16)15-10-8(12)5-4-6-14-10/h4-7,9H,3,13H2,1-2H3,(H,14,15,16)/t7-,9-/m0/s1. The number of hydrogen-bond acceptors (Lipinski definition) is 3. The van der Waals surface area contributed by atoms with E-state index in [9.17, 15) is 4.79 Å². The Morgan fingerprint density at radius 1 is 1.69 bits per heavy atom. The van der Waals surface area contributed by atoms with Crippen molar-refractivity contribution in [2.45, 2.75) is 26.3 Å². The van der Waals surface area contributed by atoms with Crippen LogP contribution in [0.3, 0.4) is 0 Å². The van der Waals surface area contributed by atoms with Crippen LogP contribution >= 0.6 is 11.6 Å². The lowest BCUT2D eigenvalue weighted by molar-refractivity contribution is -0.118. The third-order valence-corrected chi connectivity index (χ3v) is 2.86. The molecule has 1 aromatic rings. The number of aromatic nitrogens is 1. The van der Waals surface area contributed by atoms with Crippen LogP contribution in [0.2, 0.25) is 5.02 Å². The number of nitrogens with two attached hydrogens (primary N) is 1. The van der Waals surface area contributed by atoms with Crippen LogP contribution in [-0.4, -0.2) is 16.9 Å². The number of rotatable bonds is 4. The van der Waals surface area contributed by atoms with Gasteiger partial charge in [0.15, 0.2) is 5.82 Å². The molecule has 4 nitrogen and oxygen atoms in total. The summed E-state index contributed by atoms with van der Waals surface area (Å²) in [5, 5.41) is 3.03. The number of carbonyl (C=O) groups is 1. The van der Waals surface area contributed by atoms with E-state index in [-0.39, 0.29) is 11.8 Å². The van der Waals surface area contributed by atoms with E-state index in [1.165, 1.54) is 0 Å². The fraction of sp³-hybridized carbons (Fsp3) is 0.455. The first kappa shape index (κ1) is 12.9. The highest BCUT2D eigenvalue weighted by Crippen LogP contribution is 2.18. The van der Waals surface area contributed by atoms with E-state index < -0.39 is 6.04 Å². The molecule has 0 saturated heterocycles. The summed E-state index contributed by atoms with van der Waals surface area (Å²) in [6.07, 6.45) is 2.42. The minimum atomic E-state index is -0.539. The van der Waals surface area contributed by atoms with E-state index in [2.05, 4.69) is 10.3 Å². The van der Waals surface area contributed by atoms with Crippen molar-refractivity contribution in [1.29, 1.82) is 0 Å². The van der Waals surface area contributed by atoms with Crippen molar-refractivity contribution < 1.29 is 4.79 Å². The second-order valence-electron chi connectivity index (χ2n) is 3.73. The molecule has 5 heteroatoms. The van der Waals surface area contributed by atoms with E-state index in [0.29, 0.717) is 10.8 Å². The van der Waals surface area contributed by atoms with Crippen molar-refractivity contribution in [1.82, 2.24) is 4.98 Å². The molecule has 1 amide bonds. The van der Waals surface area contributed by atoms with Crippen LogP contribution in [0.5, 0.6) is 0 Å². The number of nitrogens with one attached hydrogen (secondary N) is 1. The molecule has 0 bridgehead atoms. The van der Waals surface area contributed by atoms with E-state index >= 15 is 0 Å². The highest BCUT2D eigenvalue weighted by atomic mass is 35.5. The van der Waals surface area contributed by atoms with Crippen molar-refractivity contribution in [3.63, 3.8) is 0 Å². The fourth-order valence-electron chi connectivity index (χ4n) is 1.19. The average molecular weight is 242 g/mol. The van der Waals surface area contributed by atoms with Crippen LogP contribution in [0.25, 0.3) is 0 Å². The molecule has 0 unspecified atom stereocenters. The highest BCUT2D eigenvalue weighted by Gasteiger charge is 2.20. The van der Waals surface area contributed by atoms with Gasteiger partial charge in [-0.2, -0.15) is 0 Å². The van der Waals surface area contributed by atoms with Gasteiger partial charge in [0.05, 0.1) is 11.1 Å². The smallest absolute Gasteiger partial charge is 0.242 e. The Labute approximate surface area is 100 Å². The molecule has 0 fully saturated rings. The van der Waals surface area contributed by atoms with Crippen molar-refractivity contribution in [2.75, 3.05) is 5.32 Å². The second-order valence-corrected chi connectivity index (χ2v) is 4.14. The van der Waals surface area contributed by atoms with Crippen molar-refractivity contribution in [2.24, 2.45) is 11.7 Å². The predicted molar refractivity (Wildman–Crippen MR) is 65.3 cm³/mol. The third-order valence-electron chi connectivity index (χ3n) is 2.56. The third kappa shape index (κ3) is 3.18. The largest absolute Gasteiger partial charge is 0.320 e. The number of anilines is 1. The van der Waals surface area contributed by atoms with E-state index in [0.717, 1.165) is 6.42 Å². The predicted octanol–water partition coefficient (Wildman–Crippen LogP) is 2.05. The van der Waals surface area contributed by atoms with Crippen molar-refractivity contribution in [3.8, 4) is 0 Å². The second kappa shape index (κ2) is 5.82. The van der Waals surface area contributed by atoms with Gasteiger partial charge in [-0.25, -0.2) is 4.98 Å². The fourth-order valence-corrected chi connectivity index (χ4v) is 1.36. The normalized spacial score (nSPS) is 14.2. The summed E-state index contributed by atoms with van der Waals surface area (Å²) in [7, 11) is 0. The van der Waals surface area contributed by atoms with Gasteiger partial charge in [-0.3, -0.25) is 4.79 Å². The lowest BCUT2D eigenvalue weighted by atomic mass is 9.99. The molecule has 0 aromatic carbocycles. The zero-order valence-corrected chi connectivity index (χ0v) is 10.2. The van der Waals surface area contributed by atoms with Gasteiger partial charge < -0.3 is 11.1 Å². The quantitative estimate of drug-likeness (QED) is 0.848. The first-order chi connectivity index (χ1) is 7.56. The van der Waals surface area contributed by atoms with Crippen LogP contribution in [0.15, 0.2) is 18.3 Å². The number of nitrogens with zero attached hydrogens (tertiary/aromatic N) is 1. The zero-order chi connectivity index (χ0) is 12.1. The molecular formula is C11H16ClN3O. The molecular weight excluding hydrogens is 226 g/mol. The molecule has 0 saturated carbocycles. The summed E-state index contributed by atoms with van der Waals surface area (Å²) in [6.45, 7) is 3.93. The SMILES string of the molecule is CC[C@H](C)[C@H](N)C(=O)Nc1ncccc1Cl. The van der Waals surface area contributed by atoms with Gasteiger partial charge in [-0.05, 0) is 18.1 Å². The number of hydrogen-bond donors (Lipinski definition) is 2. The Kier molecular flexibility index (Phi) is 4.71. The maximum absolute atomic E-state index is 11.7. The minimum absolute atomic E-state index is 0.127. The molecule has 0 aliphatic rings. The molecule has 1 rings (SSSR count). The van der Waals surface area contributed by atoms with Gasteiger partial charge in [-0.15, -0.1) is 0 Å². The van der Waals surface area contributed by atoms with Gasteiger partial charge in [0.2, 0.25) is 5.91 Å². The van der Waals surface area contributed by atoms with Crippen LogP contribution in [0, 0.1) is 5.92 Å². The Morgan fingerprint density at radius 2 is 2.38 bits per heavy atom. The van der Waals surface area contributed by atoms with Gasteiger partial charge in [0, 0.05) is 6.20 Å². The summed E-state index contributed by atoms with van der Waals surface area (Å²) in [6, 6.07) is 2.83. The van der Waals surface area contributed by atoms with Crippen LogP contribution in [0.4, 0.5) is 5.82 Å². The number of carbonyl (C=O) groups excluding carboxylic acids is 1. The average Bonchev–Trinajstić information content (AvgIpc) is 2.30. The zero-order valence-electron chi connectivity index (χ0n) is 9.40. The summed E-state index contributed by atoms with van der Waals surface area (Å²) in [5.74, 6) is 0.227. The van der Waals surface area contributed by atoms with Crippen LogP contribution < -0.4 is 11.1 Å². The Morgan fingerprint density at radius 3 is 2.94 bits per heavy atom. The molecule has 1 aromatic heterocycles. The summed E-state index contributed by atoms with van der Waals surface area (Å²) in [4.78, 5) is 15.7. The summed E-state index contributed by atoms with van der Waals surface area (Å²) in [5.41, 5.74) is 5.79. The lowest BCUT2D eigenvalue weighted by Crippen LogP contribution is -2.40. The van der Waals surface area contributed by atoms with Gasteiger partial charge in [0.1, 0.15) is 0 Å². The Balaban J connectivity index is 2.68. The van der Waals surface area contributed by atoms with E-state index in [1.807, 2.05) is 13.8 Å². The Hall–Kier alpha value is -1.13. The van der Waals surface area contributed by atoms with Gasteiger partial charge in [-0.1, -0.05) is 31.9 Å². The van der Waals surface area contributed by atoms with Crippen LogP contribution in [-0.2, 0) is 4.79 Å². The molecule has 0 radical (unpaired) electrons. The lowest BCUT2D eigenvalue weighted by Gasteiger charge is -2.17. The molecule has 3 N–H and O–H groups in total.